The van der Waals surface area contributed by atoms with Crippen molar-refractivity contribution < 1.29 is 9.90 Å². The summed E-state index contributed by atoms with van der Waals surface area (Å²) in [6.07, 6.45) is 2.64. The predicted molar refractivity (Wildman–Crippen MR) is 72.4 cm³/mol. The van der Waals surface area contributed by atoms with Crippen molar-refractivity contribution in [2.45, 2.75) is 25.9 Å². The first-order valence-corrected chi connectivity index (χ1v) is 7.04. The second-order valence-electron chi connectivity index (χ2n) is 3.98. The molecular weight excluding hydrogens is 234 g/mol. The largest absolute Gasteiger partial charge is 0.480 e. The number of carboxylic acid groups (broad SMARTS) is 1. The first-order chi connectivity index (χ1) is 8.15. The number of aliphatic carboxylic acids is 1. The van der Waals surface area contributed by atoms with Crippen LogP contribution < -0.4 is 5.32 Å². The third-order valence-corrected chi connectivity index (χ3v) is 3.35. The molecule has 0 aliphatic heterocycles. The summed E-state index contributed by atoms with van der Waals surface area (Å²) in [6, 6.07) is 7.56. The van der Waals surface area contributed by atoms with E-state index in [1.54, 1.807) is 11.8 Å². The number of carboxylic acids is 1. The van der Waals surface area contributed by atoms with Crippen LogP contribution in [0.4, 0.5) is 0 Å². The topological polar surface area (TPSA) is 49.3 Å². The molecule has 0 heterocycles. The van der Waals surface area contributed by atoms with Crippen LogP contribution in [0.2, 0.25) is 0 Å². The minimum atomic E-state index is -0.771. The average Bonchev–Trinajstić information content (AvgIpc) is 2.31. The number of carbonyl (C=O) groups is 1. The quantitative estimate of drug-likeness (QED) is 0.783. The van der Waals surface area contributed by atoms with E-state index in [0.717, 1.165) is 11.3 Å². The lowest BCUT2D eigenvalue weighted by molar-refractivity contribution is -0.139. The van der Waals surface area contributed by atoms with E-state index < -0.39 is 12.0 Å². The molecule has 0 aromatic heterocycles. The molecule has 1 aromatic rings. The Morgan fingerprint density at radius 2 is 2.18 bits per heavy atom. The normalized spacial score (nSPS) is 12.4. The number of hydrogen-bond acceptors (Lipinski definition) is 3. The second-order valence-corrected chi connectivity index (χ2v) is 4.97. The van der Waals surface area contributed by atoms with Crippen LogP contribution in [0.25, 0.3) is 0 Å². The van der Waals surface area contributed by atoms with E-state index in [-0.39, 0.29) is 0 Å². The highest BCUT2D eigenvalue weighted by Gasteiger charge is 2.15. The number of rotatable bonds is 7. The Hall–Kier alpha value is -1.00. The Labute approximate surface area is 107 Å². The van der Waals surface area contributed by atoms with Gasteiger partial charge in [-0.15, -0.1) is 0 Å². The zero-order valence-electron chi connectivity index (χ0n) is 10.3. The van der Waals surface area contributed by atoms with E-state index in [1.807, 2.05) is 37.4 Å². The summed E-state index contributed by atoms with van der Waals surface area (Å²) in [5, 5.41) is 12.2. The summed E-state index contributed by atoms with van der Waals surface area (Å²) < 4.78 is 0. The van der Waals surface area contributed by atoms with Crippen LogP contribution in [-0.4, -0.2) is 29.1 Å². The number of thioether (sulfide) groups is 1. The van der Waals surface area contributed by atoms with Crippen molar-refractivity contribution in [3.63, 3.8) is 0 Å². The molecule has 0 spiro atoms. The van der Waals surface area contributed by atoms with E-state index in [0.29, 0.717) is 13.0 Å². The third-order valence-electron chi connectivity index (χ3n) is 2.71. The number of aryl methyl sites for hydroxylation is 1. The van der Waals surface area contributed by atoms with Crippen LogP contribution in [-0.2, 0) is 11.3 Å². The summed E-state index contributed by atoms with van der Waals surface area (Å²) in [5.41, 5.74) is 2.34. The van der Waals surface area contributed by atoms with Crippen molar-refractivity contribution in [1.82, 2.24) is 5.32 Å². The molecule has 0 fully saturated rings. The van der Waals surface area contributed by atoms with Gasteiger partial charge in [0.05, 0.1) is 0 Å². The predicted octanol–water partition coefficient (Wildman–Crippen LogP) is 2.29. The van der Waals surface area contributed by atoms with Gasteiger partial charge < -0.3 is 10.4 Å². The number of hydrogen-bond donors (Lipinski definition) is 2. The van der Waals surface area contributed by atoms with Crippen molar-refractivity contribution in [2.75, 3.05) is 12.0 Å². The fraction of sp³-hybridized carbons (Fsp3) is 0.462. The monoisotopic (exact) mass is 253 g/mol. The van der Waals surface area contributed by atoms with Gasteiger partial charge >= 0.3 is 5.97 Å². The van der Waals surface area contributed by atoms with Gasteiger partial charge in [-0.25, -0.2) is 0 Å². The lowest BCUT2D eigenvalue weighted by atomic mass is 10.1. The molecular formula is C13H19NO2S. The molecule has 4 heteroatoms. The molecule has 17 heavy (non-hydrogen) atoms. The molecule has 0 aliphatic rings. The molecule has 0 bridgehead atoms. The summed E-state index contributed by atoms with van der Waals surface area (Å²) in [7, 11) is 0. The maximum atomic E-state index is 11.0. The smallest absolute Gasteiger partial charge is 0.320 e. The van der Waals surface area contributed by atoms with Gasteiger partial charge in [0.2, 0.25) is 0 Å². The highest BCUT2D eigenvalue weighted by Crippen LogP contribution is 2.08. The first kappa shape index (κ1) is 14.1. The molecule has 2 N–H and O–H groups in total. The first-order valence-electron chi connectivity index (χ1n) is 5.64. The molecule has 1 atom stereocenters. The fourth-order valence-corrected chi connectivity index (χ4v) is 2.06. The summed E-state index contributed by atoms with van der Waals surface area (Å²) in [5.74, 6) is 0.0882. The molecule has 0 aliphatic carbocycles. The maximum absolute atomic E-state index is 11.0. The van der Waals surface area contributed by atoms with Crippen LogP contribution in [0.1, 0.15) is 17.5 Å². The molecule has 3 nitrogen and oxygen atoms in total. The minimum absolute atomic E-state index is 0.456. The van der Waals surface area contributed by atoms with Gasteiger partial charge in [0.1, 0.15) is 6.04 Å². The minimum Gasteiger partial charge on any atom is -0.480 e. The Balaban J connectivity index is 2.52. The molecule has 0 saturated heterocycles. The van der Waals surface area contributed by atoms with Crippen LogP contribution in [0, 0.1) is 6.92 Å². The number of benzene rings is 1. The third kappa shape index (κ3) is 4.79. The van der Waals surface area contributed by atoms with Gasteiger partial charge in [0, 0.05) is 6.54 Å². The van der Waals surface area contributed by atoms with Gasteiger partial charge in [0.15, 0.2) is 0 Å². The molecule has 94 valence electrons. The Morgan fingerprint density at radius 3 is 2.76 bits per heavy atom. The van der Waals surface area contributed by atoms with Gasteiger partial charge in [-0.2, -0.15) is 11.8 Å². The average molecular weight is 253 g/mol. The van der Waals surface area contributed by atoms with E-state index in [4.69, 9.17) is 5.11 Å². The Bertz CT molecular complexity index is 368. The zero-order valence-corrected chi connectivity index (χ0v) is 11.1. The lowest BCUT2D eigenvalue weighted by Crippen LogP contribution is -2.36. The molecule has 0 unspecified atom stereocenters. The van der Waals surface area contributed by atoms with Gasteiger partial charge in [-0.3, -0.25) is 4.79 Å². The van der Waals surface area contributed by atoms with Crippen molar-refractivity contribution in [1.29, 1.82) is 0 Å². The second kappa shape index (κ2) is 7.35. The van der Waals surface area contributed by atoms with Crippen molar-refractivity contribution in [3.05, 3.63) is 35.4 Å². The SMILES string of the molecule is CSCC[C@H](NCc1ccccc1C)C(=O)O. The highest BCUT2D eigenvalue weighted by atomic mass is 32.2. The van der Waals surface area contributed by atoms with Gasteiger partial charge in [-0.05, 0) is 36.5 Å². The van der Waals surface area contributed by atoms with E-state index in [1.165, 1.54) is 5.56 Å². The molecule has 0 amide bonds. The van der Waals surface area contributed by atoms with E-state index in [2.05, 4.69) is 5.32 Å². The Morgan fingerprint density at radius 1 is 1.47 bits per heavy atom. The van der Waals surface area contributed by atoms with Gasteiger partial charge in [0.25, 0.3) is 0 Å². The standard InChI is InChI=1S/C13H19NO2S/c1-10-5-3-4-6-11(10)9-14-12(13(15)16)7-8-17-2/h3-6,12,14H,7-9H2,1-2H3,(H,15,16)/t12-/m0/s1. The molecule has 0 radical (unpaired) electrons. The fourth-order valence-electron chi connectivity index (χ4n) is 1.59. The molecule has 1 aromatic carbocycles. The lowest BCUT2D eigenvalue weighted by Gasteiger charge is -2.14. The number of nitrogens with one attached hydrogen (secondary N) is 1. The van der Waals surface area contributed by atoms with Gasteiger partial charge in [-0.1, -0.05) is 24.3 Å². The van der Waals surface area contributed by atoms with Crippen molar-refractivity contribution in [2.24, 2.45) is 0 Å². The highest BCUT2D eigenvalue weighted by molar-refractivity contribution is 7.98. The zero-order chi connectivity index (χ0) is 12.7. The van der Waals surface area contributed by atoms with Crippen LogP contribution >= 0.6 is 11.8 Å². The summed E-state index contributed by atoms with van der Waals surface area (Å²) in [4.78, 5) is 11.0. The van der Waals surface area contributed by atoms with Crippen LogP contribution in [0.3, 0.4) is 0 Å². The molecule has 0 saturated carbocycles. The van der Waals surface area contributed by atoms with Crippen LogP contribution in [0.15, 0.2) is 24.3 Å². The van der Waals surface area contributed by atoms with Crippen molar-refractivity contribution in [3.8, 4) is 0 Å². The Kier molecular flexibility index (Phi) is 6.08. The van der Waals surface area contributed by atoms with Crippen molar-refractivity contribution >= 4 is 17.7 Å². The summed E-state index contributed by atoms with van der Waals surface area (Å²) in [6.45, 7) is 2.65. The van der Waals surface area contributed by atoms with E-state index >= 15 is 0 Å². The molecule has 1 rings (SSSR count). The maximum Gasteiger partial charge on any atom is 0.320 e. The van der Waals surface area contributed by atoms with E-state index in [9.17, 15) is 4.79 Å². The van der Waals surface area contributed by atoms with Crippen LogP contribution in [0.5, 0.6) is 0 Å². The summed E-state index contributed by atoms with van der Waals surface area (Å²) >= 11 is 1.67.